The summed E-state index contributed by atoms with van der Waals surface area (Å²) in [6, 6.07) is 6.95. The average molecular weight is 263 g/mol. The molecule has 0 spiro atoms. The van der Waals surface area contributed by atoms with E-state index in [4.69, 9.17) is 0 Å². The quantitative estimate of drug-likeness (QED) is 0.785. The Hall–Kier alpha value is -0.860. The number of hydrogen-bond acceptors (Lipinski definition) is 2. The van der Waals surface area contributed by atoms with Crippen molar-refractivity contribution < 1.29 is 5.11 Å². The Morgan fingerprint density at radius 2 is 1.79 bits per heavy atom. The largest absolute Gasteiger partial charge is 0.396 e. The Morgan fingerprint density at radius 3 is 2.26 bits per heavy atom. The van der Waals surface area contributed by atoms with E-state index in [0.29, 0.717) is 6.04 Å². The summed E-state index contributed by atoms with van der Waals surface area (Å²) in [7, 11) is 0. The van der Waals surface area contributed by atoms with E-state index >= 15 is 0 Å². The molecular weight excluding hydrogens is 234 g/mol. The van der Waals surface area contributed by atoms with Gasteiger partial charge in [0.25, 0.3) is 0 Å². The number of rotatable bonds is 7. The van der Waals surface area contributed by atoms with Crippen LogP contribution in [0.1, 0.15) is 56.3 Å². The topological polar surface area (TPSA) is 32.3 Å². The molecule has 0 aliphatic rings. The maximum Gasteiger partial charge on any atom is 0.0499 e. The van der Waals surface area contributed by atoms with Gasteiger partial charge >= 0.3 is 0 Å². The number of aryl methyl sites for hydroxylation is 2. The Bertz CT molecular complexity index is 388. The molecule has 1 rings (SSSR count). The molecule has 2 nitrogen and oxygen atoms in total. The third-order valence-corrected chi connectivity index (χ3v) is 4.65. The Labute approximate surface area is 118 Å². The summed E-state index contributed by atoms with van der Waals surface area (Å²) in [6.45, 7) is 11.9. The normalized spacial score (nSPS) is 13.6. The number of aliphatic hydroxyl groups is 1. The van der Waals surface area contributed by atoms with Gasteiger partial charge in [-0.1, -0.05) is 32.0 Å². The number of nitrogens with one attached hydrogen (secondary N) is 1. The fourth-order valence-corrected chi connectivity index (χ4v) is 2.30. The third-order valence-electron chi connectivity index (χ3n) is 4.65. The van der Waals surface area contributed by atoms with Crippen molar-refractivity contribution in [2.24, 2.45) is 5.41 Å². The van der Waals surface area contributed by atoms with Crippen molar-refractivity contribution in [3.05, 3.63) is 34.9 Å². The first-order chi connectivity index (χ1) is 8.98. The summed E-state index contributed by atoms with van der Waals surface area (Å²) < 4.78 is 0. The molecule has 2 N–H and O–H groups in total. The summed E-state index contributed by atoms with van der Waals surface area (Å²) in [5.74, 6) is 0. The molecule has 0 saturated carbocycles. The Kier molecular flexibility index (Phi) is 6.02. The van der Waals surface area contributed by atoms with Crippen LogP contribution < -0.4 is 5.32 Å². The van der Waals surface area contributed by atoms with Crippen LogP contribution in [-0.2, 0) is 0 Å². The van der Waals surface area contributed by atoms with Gasteiger partial charge in [-0.2, -0.15) is 0 Å². The van der Waals surface area contributed by atoms with Gasteiger partial charge in [-0.3, -0.25) is 0 Å². The first kappa shape index (κ1) is 16.2. The molecule has 1 aromatic rings. The standard InChI is InChI=1S/C17H29NO/c1-6-17(7-2,12-19)11-18-15(5)16-9-8-13(3)14(4)10-16/h8-10,15,18-19H,6-7,11-12H2,1-5H3. The van der Waals surface area contributed by atoms with Crippen molar-refractivity contribution in [1.29, 1.82) is 0 Å². The van der Waals surface area contributed by atoms with Gasteiger partial charge in [0.15, 0.2) is 0 Å². The van der Waals surface area contributed by atoms with Crippen molar-refractivity contribution in [3.8, 4) is 0 Å². The van der Waals surface area contributed by atoms with E-state index in [-0.39, 0.29) is 12.0 Å². The molecule has 0 aliphatic heterocycles. The first-order valence-corrected chi connectivity index (χ1v) is 7.39. The highest BCUT2D eigenvalue weighted by Crippen LogP contribution is 2.26. The van der Waals surface area contributed by atoms with Crippen LogP contribution in [0.4, 0.5) is 0 Å². The van der Waals surface area contributed by atoms with Crippen molar-refractivity contribution in [3.63, 3.8) is 0 Å². The lowest BCUT2D eigenvalue weighted by Crippen LogP contribution is -2.37. The van der Waals surface area contributed by atoms with E-state index in [1.807, 2.05) is 0 Å². The fourth-order valence-electron chi connectivity index (χ4n) is 2.30. The van der Waals surface area contributed by atoms with Gasteiger partial charge < -0.3 is 10.4 Å². The third kappa shape index (κ3) is 4.05. The molecule has 0 aromatic heterocycles. The summed E-state index contributed by atoms with van der Waals surface area (Å²) in [4.78, 5) is 0. The minimum Gasteiger partial charge on any atom is -0.396 e. The first-order valence-electron chi connectivity index (χ1n) is 7.39. The second kappa shape index (κ2) is 7.06. The molecule has 108 valence electrons. The molecule has 1 atom stereocenters. The van der Waals surface area contributed by atoms with Crippen molar-refractivity contribution >= 4 is 0 Å². The van der Waals surface area contributed by atoms with Gasteiger partial charge in [0.1, 0.15) is 0 Å². The highest BCUT2D eigenvalue weighted by molar-refractivity contribution is 5.31. The SMILES string of the molecule is CCC(CC)(CO)CNC(C)c1ccc(C)c(C)c1. The zero-order valence-corrected chi connectivity index (χ0v) is 13.1. The maximum atomic E-state index is 9.60. The van der Waals surface area contributed by atoms with E-state index in [0.717, 1.165) is 19.4 Å². The van der Waals surface area contributed by atoms with Crippen LogP contribution >= 0.6 is 0 Å². The monoisotopic (exact) mass is 263 g/mol. The summed E-state index contributed by atoms with van der Waals surface area (Å²) >= 11 is 0. The van der Waals surface area contributed by atoms with Gasteiger partial charge in [0.2, 0.25) is 0 Å². The molecule has 0 amide bonds. The van der Waals surface area contributed by atoms with Gasteiger partial charge in [-0.25, -0.2) is 0 Å². The lowest BCUT2D eigenvalue weighted by molar-refractivity contribution is 0.110. The lowest BCUT2D eigenvalue weighted by Gasteiger charge is -2.31. The highest BCUT2D eigenvalue weighted by atomic mass is 16.3. The van der Waals surface area contributed by atoms with Crippen molar-refractivity contribution in [2.45, 2.75) is 53.5 Å². The smallest absolute Gasteiger partial charge is 0.0499 e. The lowest BCUT2D eigenvalue weighted by atomic mass is 9.83. The molecule has 1 aromatic carbocycles. The van der Waals surface area contributed by atoms with Gasteiger partial charge in [0, 0.05) is 24.6 Å². The molecule has 1 unspecified atom stereocenters. The van der Waals surface area contributed by atoms with E-state index in [9.17, 15) is 5.11 Å². The zero-order chi connectivity index (χ0) is 14.5. The van der Waals surface area contributed by atoms with Crippen LogP contribution in [-0.4, -0.2) is 18.3 Å². The molecule has 0 bridgehead atoms. The van der Waals surface area contributed by atoms with Gasteiger partial charge in [-0.05, 0) is 50.3 Å². The second-order valence-electron chi connectivity index (χ2n) is 5.81. The van der Waals surface area contributed by atoms with E-state index in [1.54, 1.807) is 0 Å². The van der Waals surface area contributed by atoms with Crippen molar-refractivity contribution in [2.75, 3.05) is 13.2 Å². The molecule has 0 heterocycles. The molecule has 0 aliphatic carbocycles. The van der Waals surface area contributed by atoms with Crippen LogP contribution in [0.5, 0.6) is 0 Å². The highest BCUT2D eigenvalue weighted by Gasteiger charge is 2.25. The van der Waals surface area contributed by atoms with E-state index in [1.165, 1.54) is 16.7 Å². The molecule has 19 heavy (non-hydrogen) atoms. The number of hydrogen-bond donors (Lipinski definition) is 2. The maximum absolute atomic E-state index is 9.60. The van der Waals surface area contributed by atoms with Crippen LogP contribution in [0, 0.1) is 19.3 Å². The van der Waals surface area contributed by atoms with Gasteiger partial charge in [-0.15, -0.1) is 0 Å². The number of aliphatic hydroxyl groups excluding tert-OH is 1. The fraction of sp³-hybridized carbons (Fsp3) is 0.647. The Morgan fingerprint density at radius 1 is 1.16 bits per heavy atom. The summed E-state index contributed by atoms with van der Waals surface area (Å²) in [6.07, 6.45) is 2.01. The number of benzene rings is 1. The molecular formula is C17H29NO. The average Bonchev–Trinajstić information content (AvgIpc) is 2.43. The molecule has 0 fully saturated rings. The Balaban J connectivity index is 2.69. The second-order valence-corrected chi connectivity index (χ2v) is 5.81. The molecule has 2 heteroatoms. The molecule has 0 saturated heterocycles. The minimum atomic E-state index is 0.0218. The summed E-state index contributed by atoms with van der Waals surface area (Å²) in [5.41, 5.74) is 4.02. The van der Waals surface area contributed by atoms with E-state index < -0.39 is 0 Å². The van der Waals surface area contributed by atoms with Crippen molar-refractivity contribution in [1.82, 2.24) is 5.32 Å². The predicted molar refractivity (Wildman–Crippen MR) is 82.4 cm³/mol. The van der Waals surface area contributed by atoms with Crippen LogP contribution in [0.3, 0.4) is 0 Å². The zero-order valence-electron chi connectivity index (χ0n) is 13.1. The van der Waals surface area contributed by atoms with Crippen LogP contribution in [0.25, 0.3) is 0 Å². The predicted octanol–water partition coefficient (Wildman–Crippen LogP) is 3.75. The molecule has 0 radical (unpaired) electrons. The van der Waals surface area contributed by atoms with E-state index in [2.05, 4.69) is 58.1 Å². The minimum absolute atomic E-state index is 0.0218. The summed E-state index contributed by atoms with van der Waals surface area (Å²) in [5, 5.41) is 13.2. The van der Waals surface area contributed by atoms with Crippen LogP contribution in [0.15, 0.2) is 18.2 Å². The van der Waals surface area contributed by atoms with Gasteiger partial charge in [0.05, 0.1) is 0 Å². The van der Waals surface area contributed by atoms with Crippen LogP contribution in [0.2, 0.25) is 0 Å².